The number of anilines is 2. The number of imide groups is 1. The molecule has 9 heterocycles. The van der Waals surface area contributed by atoms with Crippen LogP contribution in [0.1, 0.15) is 86.2 Å². The fourth-order valence-corrected chi connectivity index (χ4v) is 13.0. The molecule has 3 unspecified atom stereocenters. The SMILES string of the molecule is CCc1c(F)ccc2cc(O)cc(-c3ncc4c(N5CC6CCC(C5)N6)nc(OC[C@@H]5C[C@@H](OC6CCN(CC7CCN(c8ccc9c(c8)CN(C8CCC(=O)NC8=O)C9=O)CC7)CC6)CN5C)nc4c3F)c12. The number of carbonyl (C=O) groups is 3. The van der Waals surface area contributed by atoms with Crippen molar-refractivity contribution in [2.45, 2.75) is 114 Å². The quantitative estimate of drug-likeness (QED) is 0.126. The first kappa shape index (κ1) is 47.9. The number of piperidine rings is 3. The summed E-state index contributed by atoms with van der Waals surface area (Å²) in [5.74, 6) is -0.775. The Balaban J connectivity index is 0.657. The van der Waals surface area contributed by atoms with Gasteiger partial charge in [0.25, 0.3) is 5.91 Å². The van der Waals surface area contributed by atoms with E-state index in [2.05, 4.69) is 48.3 Å². The molecular weight excluding hydrogens is 935 g/mol. The van der Waals surface area contributed by atoms with E-state index in [4.69, 9.17) is 19.4 Å². The summed E-state index contributed by atoms with van der Waals surface area (Å²) in [6, 6.07) is 12.1. The van der Waals surface area contributed by atoms with Gasteiger partial charge in [-0.25, -0.2) is 8.78 Å². The summed E-state index contributed by atoms with van der Waals surface area (Å²) in [5.41, 5.74) is 3.46. The van der Waals surface area contributed by atoms with Gasteiger partial charge in [0.05, 0.1) is 17.6 Å². The first-order valence-corrected chi connectivity index (χ1v) is 26.5. The Bertz CT molecular complexity index is 2970. The molecule has 0 aliphatic carbocycles. The minimum atomic E-state index is -0.680. The molecule has 6 fully saturated rings. The summed E-state index contributed by atoms with van der Waals surface area (Å²) in [4.78, 5) is 62.8. The highest BCUT2D eigenvalue weighted by molar-refractivity contribution is 6.06. The smallest absolute Gasteiger partial charge is 0.319 e. The molecule has 3 aromatic carbocycles. The van der Waals surface area contributed by atoms with Gasteiger partial charge in [-0.05, 0) is 129 Å². The summed E-state index contributed by atoms with van der Waals surface area (Å²) < 4.78 is 45.6. The number of piperazine rings is 1. The molecule has 7 aliphatic heterocycles. The topological polar surface area (TPSA) is 169 Å². The maximum Gasteiger partial charge on any atom is 0.319 e. The first-order valence-electron chi connectivity index (χ1n) is 26.5. The molecule has 3 amide bonds. The number of fused-ring (bicyclic) bond motifs is 5. The molecular formula is C55H64F2N10O6. The van der Waals surface area contributed by atoms with Gasteiger partial charge in [0.15, 0.2) is 5.82 Å². The Hall–Kier alpha value is -6.08. The van der Waals surface area contributed by atoms with Crippen LogP contribution in [0.4, 0.5) is 20.3 Å². The lowest BCUT2D eigenvalue weighted by Crippen LogP contribution is -2.52. The largest absolute Gasteiger partial charge is 0.508 e. The number of hydrogen-bond acceptors (Lipinski definition) is 14. The fraction of sp³-hybridized carbons (Fsp3) is 0.527. The molecule has 5 atom stereocenters. The minimum absolute atomic E-state index is 0.0242. The molecule has 0 radical (unpaired) electrons. The zero-order valence-corrected chi connectivity index (χ0v) is 41.6. The summed E-state index contributed by atoms with van der Waals surface area (Å²) >= 11 is 0. The summed E-state index contributed by atoms with van der Waals surface area (Å²) in [5, 5.41) is 18.4. The van der Waals surface area contributed by atoms with Gasteiger partial charge in [-0.3, -0.25) is 29.6 Å². The summed E-state index contributed by atoms with van der Waals surface area (Å²) in [7, 11) is 2.09. The number of ether oxygens (including phenoxy) is 2. The molecule has 16 nitrogen and oxygen atoms in total. The van der Waals surface area contributed by atoms with E-state index in [9.17, 15) is 19.5 Å². The van der Waals surface area contributed by atoms with E-state index in [0.29, 0.717) is 95.8 Å². The number of halogens is 2. The molecule has 6 saturated heterocycles. The van der Waals surface area contributed by atoms with Gasteiger partial charge < -0.3 is 39.5 Å². The highest BCUT2D eigenvalue weighted by Crippen LogP contribution is 2.40. The second kappa shape index (κ2) is 19.6. The van der Waals surface area contributed by atoms with Crippen molar-refractivity contribution in [3.05, 3.63) is 77.0 Å². The third-order valence-electron chi connectivity index (χ3n) is 16.9. The van der Waals surface area contributed by atoms with Crippen molar-refractivity contribution in [1.82, 2.24) is 40.3 Å². The predicted octanol–water partition coefficient (Wildman–Crippen LogP) is 5.94. The molecule has 7 aliphatic rings. The molecule has 73 heavy (non-hydrogen) atoms. The van der Waals surface area contributed by atoms with Crippen LogP contribution in [-0.2, 0) is 27.3 Å². The van der Waals surface area contributed by atoms with Crippen LogP contribution in [0.3, 0.4) is 0 Å². The number of nitrogens with one attached hydrogen (secondary N) is 2. The van der Waals surface area contributed by atoms with Crippen molar-refractivity contribution < 1.29 is 37.7 Å². The number of carbonyl (C=O) groups excluding carboxylic acids is 3. The van der Waals surface area contributed by atoms with E-state index in [1.165, 1.54) is 12.1 Å². The molecule has 0 spiro atoms. The zero-order valence-electron chi connectivity index (χ0n) is 41.6. The lowest BCUT2D eigenvalue weighted by Gasteiger charge is -2.38. The van der Waals surface area contributed by atoms with Gasteiger partial charge in [-0.1, -0.05) is 13.0 Å². The van der Waals surface area contributed by atoms with Crippen molar-refractivity contribution in [3.8, 4) is 23.0 Å². The Labute approximate surface area is 423 Å². The Morgan fingerprint density at radius 1 is 0.849 bits per heavy atom. The number of phenols is 1. The molecule has 12 rings (SSSR count). The van der Waals surface area contributed by atoms with Crippen LogP contribution in [0, 0.1) is 17.6 Å². The van der Waals surface area contributed by atoms with E-state index in [1.807, 2.05) is 19.1 Å². The molecule has 2 bridgehead atoms. The van der Waals surface area contributed by atoms with Crippen LogP contribution in [0.5, 0.6) is 11.8 Å². The summed E-state index contributed by atoms with van der Waals surface area (Å²) in [6.07, 6.45) is 9.90. The number of hydrogen-bond donors (Lipinski definition) is 3. The molecule has 2 aromatic heterocycles. The van der Waals surface area contributed by atoms with Crippen molar-refractivity contribution in [2.24, 2.45) is 5.92 Å². The lowest BCUT2D eigenvalue weighted by atomic mass is 9.94. The van der Waals surface area contributed by atoms with Crippen LogP contribution in [-0.4, -0.2) is 155 Å². The van der Waals surface area contributed by atoms with Crippen LogP contribution >= 0.6 is 0 Å². The van der Waals surface area contributed by atoms with Crippen molar-refractivity contribution in [1.29, 1.82) is 0 Å². The number of likely N-dealkylation sites (N-methyl/N-ethyl adjacent to an activating group) is 1. The maximum absolute atomic E-state index is 17.2. The maximum atomic E-state index is 17.2. The molecule has 0 saturated carbocycles. The molecule has 3 N–H and O–H groups in total. The van der Waals surface area contributed by atoms with Crippen molar-refractivity contribution in [2.75, 3.05) is 75.8 Å². The predicted molar refractivity (Wildman–Crippen MR) is 272 cm³/mol. The number of benzene rings is 3. The van der Waals surface area contributed by atoms with Gasteiger partial charge in [0.1, 0.15) is 41.2 Å². The normalized spacial score (nSPS) is 25.4. The van der Waals surface area contributed by atoms with Crippen LogP contribution in [0.15, 0.2) is 48.7 Å². The Kier molecular flexibility index (Phi) is 12.9. The van der Waals surface area contributed by atoms with Crippen molar-refractivity contribution >= 4 is 50.9 Å². The third kappa shape index (κ3) is 9.33. The Morgan fingerprint density at radius 3 is 2.41 bits per heavy atom. The standard InChI is InChI=1S/C55H64F2N10O6/c1-3-41-45(56)9-4-32-21-38(68)23-43(48(32)41)50-49(57)51-44(24-58-50)52(66-27-34-5-6-35(28-66)59-34)62-55(61-51)72-30-37-22-40(29-63(37)2)73-39-14-16-64(17-15-39)25-31-12-18-65(19-13-31)36-7-8-42-33(20-36)26-67(54(42)71)46-10-11-47(69)60-53(46)70/h4,7-9,20-21,23-24,31,34-35,37,39-40,46,59,68H,3,5-6,10-19,22,25-30H2,1-2H3,(H,60,69,70)/t34?,35?,37-,40+,46?/m0/s1. The van der Waals surface area contributed by atoms with Gasteiger partial charge in [0.2, 0.25) is 11.8 Å². The zero-order chi connectivity index (χ0) is 50.1. The monoisotopic (exact) mass is 998 g/mol. The van der Waals surface area contributed by atoms with E-state index in [-0.39, 0.29) is 65.4 Å². The summed E-state index contributed by atoms with van der Waals surface area (Å²) in [6.45, 7) is 9.74. The third-order valence-corrected chi connectivity index (χ3v) is 16.9. The number of phenolic OH excluding ortho intramolecular Hbond substituents is 1. The number of rotatable bonds is 12. The van der Waals surface area contributed by atoms with E-state index >= 15 is 8.78 Å². The van der Waals surface area contributed by atoms with Gasteiger partial charge in [-0.15, -0.1) is 0 Å². The average Bonchev–Trinajstić information content (AvgIpc) is 4.04. The van der Waals surface area contributed by atoms with Gasteiger partial charge in [-0.2, -0.15) is 9.97 Å². The first-order chi connectivity index (χ1) is 35.4. The van der Waals surface area contributed by atoms with Crippen molar-refractivity contribution in [3.63, 3.8) is 0 Å². The number of amides is 3. The average molecular weight is 999 g/mol. The van der Waals surface area contributed by atoms with E-state index in [1.54, 1.807) is 23.2 Å². The van der Waals surface area contributed by atoms with E-state index in [0.717, 1.165) is 95.5 Å². The highest BCUT2D eigenvalue weighted by Gasteiger charge is 2.40. The second-order valence-electron chi connectivity index (χ2n) is 21.6. The molecule has 5 aromatic rings. The van der Waals surface area contributed by atoms with Gasteiger partial charge >= 0.3 is 6.01 Å². The van der Waals surface area contributed by atoms with Crippen LogP contribution in [0.2, 0.25) is 0 Å². The number of nitrogens with zero attached hydrogens (tertiary/aromatic N) is 8. The minimum Gasteiger partial charge on any atom is -0.508 e. The fourth-order valence-electron chi connectivity index (χ4n) is 13.0. The second-order valence-corrected chi connectivity index (χ2v) is 21.6. The number of aryl methyl sites for hydroxylation is 1. The Morgan fingerprint density at radius 2 is 1.64 bits per heavy atom. The van der Waals surface area contributed by atoms with Crippen LogP contribution in [0.25, 0.3) is 32.9 Å². The van der Waals surface area contributed by atoms with E-state index < -0.39 is 17.7 Å². The number of pyridine rings is 1. The number of aromatic nitrogens is 3. The van der Waals surface area contributed by atoms with Gasteiger partial charge in [0, 0.05) is 106 Å². The lowest BCUT2D eigenvalue weighted by molar-refractivity contribution is -0.136. The molecule has 384 valence electrons. The number of likely N-dealkylation sites (tertiary alicyclic amines) is 2. The van der Waals surface area contributed by atoms with Crippen LogP contribution < -0.4 is 25.2 Å². The highest BCUT2D eigenvalue weighted by atomic mass is 19.1. The number of aromatic hydroxyl groups is 1. The molecule has 18 heteroatoms.